The van der Waals surface area contributed by atoms with E-state index in [0.29, 0.717) is 11.6 Å². The van der Waals surface area contributed by atoms with Crippen LogP contribution in [0.4, 0.5) is 13.2 Å². The fourth-order valence-corrected chi connectivity index (χ4v) is 3.74. The number of esters is 1. The van der Waals surface area contributed by atoms with E-state index in [0.717, 1.165) is 24.0 Å². The maximum absolute atomic E-state index is 12.8. The van der Waals surface area contributed by atoms with Crippen molar-refractivity contribution in [1.82, 2.24) is 9.97 Å². The van der Waals surface area contributed by atoms with Gasteiger partial charge < -0.3 is 4.74 Å². The average Bonchev–Trinajstić information content (AvgIpc) is 2.74. The Morgan fingerprint density at radius 2 is 1.67 bits per heavy atom. The Kier molecular flexibility index (Phi) is 7.45. The van der Waals surface area contributed by atoms with Gasteiger partial charge in [0.1, 0.15) is 5.75 Å². The van der Waals surface area contributed by atoms with E-state index in [4.69, 9.17) is 4.74 Å². The summed E-state index contributed by atoms with van der Waals surface area (Å²) < 4.78 is 43.7. The molecule has 0 N–H and O–H groups in total. The molecule has 7 heteroatoms. The normalized spacial score (nSPS) is 19.5. The number of benzene rings is 1. The molecule has 0 unspecified atom stereocenters. The van der Waals surface area contributed by atoms with Gasteiger partial charge in [-0.15, -0.1) is 0 Å². The highest BCUT2D eigenvalue weighted by Gasteiger charge is 2.42. The number of hydrogen-bond acceptors (Lipinski definition) is 4. The van der Waals surface area contributed by atoms with Crippen molar-refractivity contribution in [1.29, 1.82) is 0 Å². The number of halogens is 3. The van der Waals surface area contributed by atoms with E-state index in [1.54, 1.807) is 24.3 Å². The van der Waals surface area contributed by atoms with Crippen LogP contribution in [-0.2, 0) is 11.2 Å². The van der Waals surface area contributed by atoms with Crippen LogP contribution in [0.2, 0.25) is 0 Å². The molecule has 3 rings (SSSR count). The van der Waals surface area contributed by atoms with Crippen LogP contribution in [-0.4, -0.2) is 22.1 Å². The molecule has 0 spiro atoms. The number of ether oxygens (including phenoxy) is 1. The molecule has 30 heavy (non-hydrogen) atoms. The van der Waals surface area contributed by atoms with Crippen molar-refractivity contribution in [2.24, 2.45) is 11.8 Å². The first-order valence-electron chi connectivity index (χ1n) is 10.6. The van der Waals surface area contributed by atoms with Gasteiger partial charge in [-0.1, -0.05) is 19.8 Å². The first-order valence-corrected chi connectivity index (χ1v) is 10.6. The number of aryl methyl sites for hydroxylation is 1. The van der Waals surface area contributed by atoms with Crippen LogP contribution in [0.3, 0.4) is 0 Å². The van der Waals surface area contributed by atoms with E-state index < -0.39 is 24.0 Å². The predicted octanol–water partition coefficient (Wildman–Crippen LogP) is 6.15. The zero-order chi connectivity index (χ0) is 21.6. The minimum absolute atomic E-state index is 0.0199. The molecule has 1 aromatic carbocycles. The Hall–Kier alpha value is -2.44. The van der Waals surface area contributed by atoms with Crippen LogP contribution in [0.15, 0.2) is 36.7 Å². The third-order valence-electron chi connectivity index (χ3n) is 5.63. The van der Waals surface area contributed by atoms with Crippen molar-refractivity contribution in [2.45, 2.75) is 64.5 Å². The van der Waals surface area contributed by atoms with Gasteiger partial charge in [-0.25, -0.2) is 9.97 Å². The second kappa shape index (κ2) is 10.0. The van der Waals surface area contributed by atoms with Gasteiger partial charge in [0.15, 0.2) is 5.82 Å². The fourth-order valence-electron chi connectivity index (χ4n) is 3.74. The number of aromatic nitrogens is 2. The molecule has 162 valence electrons. The number of carbonyl (C=O) groups excluding carboxylic acids is 1. The topological polar surface area (TPSA) is 52.1 Å². The van der Waals surface area contributed by atoms with Crippen molar-refractivity contribution >= 4 is 5.97 Å². The van der Waals surface area contributed by atoms with Crippen molar-refractivity contribution in [2.75, 3.05) is 0 Å². The molecule has 1 aliphatic rings. The zero-order valence-corrected chi connectivity index (χ0v) is 17.1. The SMILES string of the molecule is CCCCCc1cnc(-c2ccc(OC(=O)[C@H]3CC[C@H](C(F)(F)F)CC3)cc2)nc1. The Labute approximate surface area is 174 Å². The molecule has 0 bridgehead atoms. The predicted molar refractivity (Wildman–Crippen MR) is 108 cm³/mol. The molecule has 4 nitrogen and oxygen atoms in total. The maximum atomic E-state index is 12.8. The Balaban J connectivity index is 1.53. The lowest BCUT2D eigenvalue weighted by atomic mass is 9.82. The van der Waals surface area contributed by atoms with Gasteiger partial charge in [0.25, 0.3) is 0 Å². The highest BCUT2D eigenvalue weighted by molar-refractivity contribution is 5.75. The number of nitrogens with zero attached hydrogens (tertiary/aromatic N) is 2. The lowest BCUT2D eigenvalue weighted by Gasteiger charge is -2.28. The van der Waals surface area contributed by atoms with Crippen molar-refractivity contribution in [3.8, 4) is 17.1 Å². The van der Waals surface area contributed by atoms with E-state index in [1.165, 1.54) is 12.8 Å². The lowest BCUT2D eigenvalue weighted by Crippen LogP contribution is -2.31. The molecular weight excluding hydrogens is 393 g/mol. The smallest absolute Gasteiger partial charge is 0.391 e. The van der Waals surface area contributed by atoms with Gasteiger partial charge in [-0.3, -0.25) is 4.79 Å². The molecule has 0 radical (unpaired) electrons. The molecule has 2 aromatic rings. The van der Waals surface area contributed by atoms with Gasteiger partial charge >= 0.3 is 12.1 Å². The Morgan fingerprint density at radius 3 is 2.23 bits per heavy atom. The molecule has 0 atom stereocenters. The highest BCUT2D eigenvalue weighted by atomic mass is 19.4. The summed E-state index contributed by atoms with van der Waals surface area (Å²) in [5.41, 5.74) is 1.92. The van der Waals surface area contributed by atoms with Crippen LogP contribution >= 0.6 is 0 Å². The average molecular weight is 420 g/mol. The van der Waals surface area contributed by atoms with E-state index in [1.807, 2.05) is 12.4 Å². The van der Waals surface area contributed by atoms with Crippen molar-refractivity contribution in [3.05, 3.63) is 42.2 Å². The molecule has 1 heterocycles. The molecule has 1 fully saturated rings. The zero-order valence-electron chi connectivity index (χ0n) is 17.1. The van der Waals surface area contributed by atoms with Gasteiger partial charge in [-0.2, -0.15) is 13.2 Å². The lowest BCUT2D eigenvalue weighted by molar-refractivity contribution is -0.185. The van der Waals surface area contributed by atoms with E-state index >= 15 is 0 Å². The van der Waals surface area contributed by atoms with Crippen LogP contribution in [0, 0.1) is 11.8 Å². The van der Waals surface area contributed by atoms with Crippen LogP contribution in [0.25, 0.3) is 11.4 Å². The van der Waals surface area contributed by atoms with Gasteiger partial charge in [0.2, 0.25) is 0 Å². The molecule has 1 aromatic heterocycles. The highest BCUT2D eigenvalue weighted by Crippen LogP contribution is 2.39. The minimum atomic E-state index is -4.18. The number of carbonyl (C=O) groups is 1. The number of alkyl halides is 3. The van der Waals surface area contributed by atoms with Gasteiger partial charge in [0.05, 0.1) is 11.8 Å². The maximum Gasteiger partial charge on any atom is 0.391 e. The van der Waals surface area contributed by atoms with Crippen LogP contribution < -0.4 is 4.74 Å². The summed E-state index contributed by atoms with van der Waals surface area (Å²) in [7, 11) is 0. The summed E-state index contributed by atoms with van der Waals surface area (Å²) in [5, 5.41) is 0. The minimum Gasteiger partial charge on any atom is -0.426 e. The van der Waals surface area contributed by atoms with Gasteiger partial charge in [0, 0.05) is 18.0 Å². The molecule has 1 saturated carbocycles. The van der Waals surface area contributed by atoms with Crippen molar-refractivity contribution in [3.63, 3.8) is 0 Å². The summed E-state index contributed by atoms with van der Waals surface area (Å²) in [4.78, 5) is 21.1. The summed E-state index contributed by atoms with van der Waals surface area (Å²) in [6.45, 7) is 2.17. The fraction of sp³-hybridized carbons (Fsp3) is 0.522. The summed E-state index contributed by atoms with van der Waals surface area (Å²) in [5.74, 6) is -1.28. The molecule has 0 saturated heterocycles. The third-order valence-corrected chi connectivity index (χ3v) is 5.63. The second-order valence-electron chi connectivity index (χ2n) is 7.91. The van der Waals surface area contributed by atoms with Crippen LogP contribution in [0.1, 0.15) is 57.4 Å². The third kappa shape index (κ3) is 6.03. The summed E-state index contributed by atoms with van der Waals surface area (Å²) in [6, 6.07) is 6.87. The number of unbranched alkanes of at least 4 members (excludes halogenated alkanes) is 2. The van der Waals surface area contributed by atoms with E-state index in [-0.39, 0.29) is 25.7 Å². The summed E-state index contributed by atoms with van der Waals surface area (Å²) >= 11 is 0. The molecular formula is C23H27F3N2O2. The van der Waals surface area contributed by atoms with Gasteiger partial charge in [-0.05, 0) is 68.4 Å². The van der Waals surface area contributed by atoms with Crippen LogP contribution in [0.5, 0.6) is 5.75 Å². The Morgan fingerprint density at radius 1 is 1.03 bits per heavy atom. The molecule has 0 aliphatic heterocycles. The quantitative estimate of drug-likeness (QED) is 0.306. The monoisotopic (exact) mass is 420 g/mol. The second-order valence-corrected chi connectivity index (χ2v) is 7.91. The standard InChI is InChI=1S/C23H27F3N2O2/c1-2-3-4-5-16-14-27-21(28-15-16)17-8-12-20(13-9-17)30-22(29)18-6-10-19(11-7-18)23(24,25)26/h8-9,12-15,18-19H,2-7,10-11H2,1H3/t18-,19-. The van der Waals surface area contributed by atoms with E-state index in [9.17, 15) is 18.0 Å². The summed E-state index contributed by atoms with van der Waals surface area (Å²) in [6.07, 6.45) is 4.31. The Bertz CT molecular complexity index is 812. The first-order chi connectivity index (χ1) is 14.4. The van der Waals surface area contributed by atoms with E-state index in [2.05, 4.69) is 16.9 Å². The number of rotatable bonds is 7. The van der Waals surface area contributed by atoms with Crippen molar-refractivity contribution < 1.29 is 22.7 Å². The first kappa shape index (κ1) is 22.2. The molecule has 0 amide bonds. The number of hydrogen-bond donors (Lipinski definition) is 0. The largest absolute Gasteiger partial charge is 0.426 e. The molecule has 1 aliphatic carbocycles.